The van der Waals surface area contributed by atoms with Gasteiger partial charge in [0.15, 0.2) is 0 Å². The summed E-state index contributed by atoms with van der Waals surface area (Å²) in [5.41, 5.74) is 3.88. The quantitative estimate of drug-likeness (QED) is 0.484. The highest BCUT2D eigenvalue weighted by atomic mass is 14.5. The SMILES string of the molecule is CC1(C2CC=C=CC2)CC1. The zero-order valence-corrected chi connectivity index (χ0v) is 6.56. The van der Waals surface area contributed by atoms with Gasteiger partial charge in [-0.2, -0.15) is 0 Å². The fraction of sp³-hybridized carbons (Fsp3) is 0.700. The maximum absolute atomic E-state index is 3.16. The molecule has 0 spiro atoms. The van der Waals surface area contributed by atoms with Crippen LogP contribution in [0.2, 0.25) is 0 Å². The third kappa shape index (κ3) is 0.932. The van der Waals surface area contributed by atoms with Crippen LogP contribution < -0.4 is 0 Å². The fourth-order valence-electron chi connectivity index (χ4n) is 1.77. The Labute approximate surface area is 62.6 Å². The van der Waals surface area contributed by atoms with Gasteiger partial charge in [0.05, 0.1) is 0 Å². The van der Waals surface area contributed by atoms with Gasteiger partial charge in [0, 0.05) is 0 Å². The molecule has 0 aromatic carbocycles. The molecule has 0 heteroatoms. The second-order valence-electron chi connectivity index (χ2n) is 3.90. The summed E-state index contributed by atoms with van der Waals surface area (Å²) in [5, 5.41) is 0. The predicted molar refractivity (Wildman–Crippen MR) is 42.7 cm³/mol. The maximum Gasteiger partial charge on any atom is -0.0238 e. The first-order valence-electron chi connectivity index (χ1n) is 4.21. The topological polar surface area (TPSA) is 0 Å². The molecule has 0 amide bonds. The molecule has 1 saturated carbocycles. The van der Waals surface area contributed by atoms with E-state index in [1.54, 1.807) is 0 Å². The van der Waals surface area contributed by atoms with Gasteiger partial charge < -0.3 is 0 Å². The molecule has 0 bridgehead atoms. The van der Waals surface area contributed by atoms with Crippen LogP contribution >= 0.6 is 0 Å². The molecule has 2 rings (SSSR count). The summed E-state index contributed by atoms with van der Waals surface area (Å²) in [5.74, 6) is 0.939. The molecule has 0 unspecified atom stereocenters. The van der Waals surface area contributed by atoms with Gasteiger partial charge in [-0.25, -0.2) is 0 Å². The average molecular weight is 134 g/mol. The van der Waals surface area contributed by atoms with Crippen LogP contribution in [0.15, 0.2) is 17.9 Å². The Balaban J connectivity index is 2.03. The molecule has 2 aliphatic carbocycles. The minimum absolute atomic E-state index is 0.717. The van der Waals surface area contributed by atoms with Gasteiger partial charge >= 0.3 is 0 Å². The summed E-state index contributed by atoms with van der Waals surface area (Å²) in [6, 6.07) is 0. The molecule has 0 radical (unpaired) electrons. The van der Waals surface area contributed by atoms with Crippen molar-refractivity contribution in [2.75, 3.05) is 0 Å². The Hall–Kier alpha value is -0.480. The van der Waals surface area contributed by atoms with Crippen molar-refractivity contribution < 1.29 is 0 Å². The number of hydrogen-bond donors (Lipinski definition) is 0. The Morgan fingerprint density at radius 3 is 2.40 bits per heavy atom. The molecule has 0 aromatic heterocycles. The molecular weight excluding hydrogens is 120 g/mol. The van der Waals surface area contributed by atoms with E-state index in [4.69, 9.17) is 0 Å². The van der Waals surface area contributed by atoms with Gasteiger partial charge in [0.1, 0.15) is 0 Å². The van der Waals surface area contributed by atoms with Crippen molar-refractivity contribution in [2.45, 2.75) is 32.6 Å². The van der Waals surface area contributed by atoms with Crippen molar-refractivity contribution in [1.29, 1.82) is 0 Å². The number of allylic oxidation sites excluding steroid dienone is 1. The molecule has 0 saturated heterocycles. The molecule has 54 valence electrons. The first-order valence-corrected chi connectivity index (χ1v) is 4.21. The van der Waals surface area contributed by atoms with Crippen molar-refractivity contribution in [3.8, 4) is 0 Å². The van der Waals surface area contributed by atoms with Gasteiger partial charge in [-0.05, 0) is 49.2 Å². The highest BCUT2D eigenvalue weighted by molar-refractivity contribution is 5.04. The largest absolute Gasteiger partial charge is 0.130 e. The zero-order chi connectivity index (χ0) is 7.03. The molecule has 1 fully saturated rings. The molecular formula is C10H14. The molecule has 0 nitrogen and oxygen atoms in total. The monoisotopic (exact) mass is 134 g/mol. The first kappa shape index (κ1) is 6.24. The lowest BCUT2D eigenvalue weighted by atomic mass is 9.84. The van der Waals surface area contributed by atoms with Crippen LogP contribution in [-0.4, -0.2) is 0 Å². The van der Waals surface area contributed by atoms with E-state index in [1.807, 2.05) is 0 Å². The Morgan fingerprint density at radius 2 is 1.90 bits per heavy atom. The van der Waals surface area contributed by atoms with E-state index in [0.717, 1.165) is 11.3 Å². The molecule has 2 aliphatic rings. The summed E-state index contributed by atoms with van der Waals surface area (Å²) in [6.45, 7) is 2.42. The van der Waals surface area contributed by atoms with Gasteiger partial charge in [0.2, 0.25) is 0 Å². The van der Waals surface area contributed by atoms with Crippen molar-refractivity contribution >= 4 is 0 Å². The second kappa shape index (κ2) is 2.00. The fourth-order valence-corrected chi connectivity index (χ4v) is 1.77. The molecule has 0 atom stereocenters. The van der Waals surface area contributed by atoms with Crippen LogP contribution in [0.5, 0.6) is 0 Å². The van der Waals surface area contributed by atoms with Gasteiger partial charge in [-0.15, -0.1) is 5.73 Å². The summed E-state index contributed by atoms with van der Waals surface area (Å²) in [4.78, 5) is 0. The predicted octanol–water partition coefficient (Wildman–Crippen LogP) is 2.91. The van der Waals surface area contributed by atoms with Crippen LogP contribution in [0.1, 0.15) is 32.6 Å². The maximum atomic E-state index is 3.16. The summed E-state index contributed by atoms with van der Waals surface area (Å²) in [6.07, 6.45) is 9.84. The van der Waals surface area contributed by atoms with Crippen LogP contribution in [0.4, 0.5) is 0 Å². The smallest absolute Gasteiger partial charge is 0.0238 e. The normalized spacial score (nSPS) is 28.9. The lowest BCUT2D eigenvalue weighted by Crippen LogP contribution is -2.11. The standard InChI is InChI=1S/C10H14/c1-10(7-8-10)9-5-3-2-4-6-9/h3-4,9H,5-8H2,1H3. The molecule has 0 N–H and O–H groups in total. The van der Waals surface area contributed by atoms with Crippen molar-refractivity contribution in [2.24, 2.45) is 11.3 Å². The third-order valence-electron chi connectivity index (χ3n) is 3.06. The molecule has 0 heterocycles. The highest BCUT2D eigenvalue weighted by Gasteiger charge is 2.43. The van der Waals surface area contributed by atoms with E-state index in [1.165, 1.54) is 25.7 Å². The van der Waals surface area contributed by atoms with Crippen LogP contribution in [0.25, 0.3) is 0 Å². The highest BCUT2D eigenvalue weighted by Crippen LogP contribution is 2.54. The van der Waals surface area contributed by atoms with Crippen LogP contribution in [0, 0.1) is 11.3 Å². The number of hydrogen-bond acceptors (Lipinski definition) is 0. The first-order chi connectivity index (χ1) is 4.81. The zero-order valence-electron chi connectivity index (χ0n) is 6.56. The molecule has 0 aliphatic heterocycles. The van der Waals surface area contributed by atoms with E-state index < -0.39 is 0 Å². The number of rotatable bonds is 1. The van der Waals surface area contributed by atoms with Crippen molar-refractivity contribution in [3.63, 3.8) is 0 Å². The Kier molecular flexibility index (Phi) is 1.25. The van der Waals surface area contributed by atoms with Crippen molar-refractivity contribution in [3.05, 3.63) is 17.9 Å². The minimum Gasteiger partial charge on any atom is -0.130 e. The summed E-state index contributed by atoms with van der Waals surface area (Å²) >= 11 is 0. The Morgan fingerprint density at radius 1 is 1.30 bits per heavy atom. The Bertz CT molecular complexity index is 180. The lowest BCUT2D eigenvalue weighted by Gasteiger charge is -2.21. The average Bonchev–Trinajstić information content (AvgIpc) is 2.72. The second-order valence-corrected chi connectivity index (χ2v) is 3.90. The van der Waals surface area contributed by atoms with E-state index in [0.29, 0.717) is 0 Å². The van der Waals surface area contributed by atoms with E-state index in [-0.39, 0.29) is 0 Å². The van der Waals surface area contributed by atoms with Gasteiger partial charge in [-0.3, -0.25) is 0 Å². The molecule has 10 heavy (non-hydrogen) atoms. The van der Waals surface area contributed by atoms with Crippen LogP contribution in [-0.2, 0) is 0 Å². The van der Waals surface area contributed by atoms with Crippen LogP contribution in [0.3, 0.4) is 0 Å². The van der Waals surface area contributed by atoms with E-state index in [2.05, 4.69) is 24.8 Å². The van der Waals surface area contributed by atoms with E-state index >= 15 is 0 Å². The van der Waals surface area contributed by atoms with E-state index in [9.17, 15) is 0 Å². The third-order valence-corrected chi connectivity index (χ3v) is 3.06. The van der Waals surface area contributed by atoms with Gasteiger partial charge in [0.25, 0.3) is 0 Å². The lowest BCUT2D eigenvalue weighted by molar-refractivity contribution is 0.337. The minimum atomic E-state index is 0.717. The van der Waals surface area contributed by atoms with Gasteiger partial charge in [-0.1, -0.05) is 6.92 Å². The summed E-state index contributed by atoms with van der Waals surface area (Å²) < 4.78 is 0. The van der Waals surface area contributed by atoms with Crippen molar-refractivity contribution in [1.82, 2.24) is 0 Å². The molecule has 0 aromatic rings. The summed E-state index contributed by atoms with van der Waals surface area (Å²) in [7, 11) is 0.